The number of aromatic nitrogens is 2. The van der Waals surface area contributed by atoms with Gasteiger partial charge in [0.15, 0.2) is 0 Å². The molecule has 0 saturated heterocycles. The predicted molar refractivity (Wildman–Crippen MR) is 95.7 cm³/mol. The van der Waals surface area contributed by atoms with Crippen molar-refractivity contribution in [2.24, 2.45) is 5.92 Å². The van der Waals surface area contributed by atoms with Crippen molar-refractivity contribution in [3.8, 4) is 0 Å². The maximum absolute atomic E-state index is 12.6. The third-order valence-electron chi connectivity index (χ3n) is 4.70. The lowest BCUT2D eigenvalue weighted by atomic mass is 9.88. The van der Waals surface area contributed by atoms with Crippen LogP contribution in [-0.4, -0.2) is 28.1 Å². The smallest absolute Gasteiger partial charge is 0.241 e. The lowest BCUT2D eigenvalue weighted by Gasteiger charge is -2.21. The standard InChI is InChI=1S/C17H26N4O2S/c1-2-8-18-15(22)9-21-16(13-10-24-11-14(13)20-21)19-17(23)12-6-4-3-5-7-12/h12H,2-11H2,1H3,(H,18,22)(H,19,23). The summed E-state index contributed by atoms with van der Waals surface area (Å²) < 4.78 is 1.68. The molecule has 1 aromatic rings. The SMILES string of the molecule is CCCNC(=O)Cn1nc2c(c1NC(=O)C1CCCCC1)CSC2. The van der Waals surface area contributed by atoms with E-state index in [9.17, 15) is 9.59 Å². The van der Waals surface area contributed by atoms with E-state index in [0.717, 1.165) is 60.7 Å². The molecular weight excluding hydrogens is 324 g/mol. The molecule has 2 N–H and O–H groups in total. The zero-order valence-corrected chi connectivity index (χ0v) is 15.1. The number of thioether (sulfide) groups is 1. The van der Waals surface area contributed by atoms with E-state index in [4.69, 9.17) is 0 Å². The number of nitrogens with zero attached hydrogens (tertiary/aromatic N) is 2. The van der Waals surface area contributed by atoms with Gasteiger partial charge in [-0.3, -0.25) is 9.59 Å². The van der Waals surface area contributed by atoms with Gasteiger partial charge in [-0.25, -0.2) is 4.68 Å². The van der Waals surface area contributed by atoms with Crippen molar-refractivity contribution in [2.75, 3.05) is 11.9 Å². The molecule has 1 aliphatic heterocycles. The van der Waals surface area contributed by atoms with Crippen molar-refractivity contribution in [1.29, 1.82) is 0 Å². The molecule has 7 heteroatoms. The highest BCUT2D eigenvalue weighted by Gasteiger charge is 2.27. The molecule has 2 amide bonds. The summed E-state index contributed by atoms with van der Waals surface area (Å²) in [6.07, 6.45) is 6.33. The summed E-state index contributed by atoms with van der Waals surface area (Å²) in [7, 11) is 0. The van der Waals surface area contributed by atoms with Gasteiger partial charge in [-0.05, 0) is 19.3 Å². The average molecular weight is 350 g/mol. The number of nitrogens with one attached hydrogen (secondary N) is 2. The fraction of sp³-hybridized carbons (Fsp3) is 0.706. The van der Waals surface area contributed by atoms with Crippen LogP contribution in [0.4, 0.5) is 5.82 Å². The molecule has 2 heterocycles. The molecule has 1 aliphatic carbocycles. The molecule has 132 valence electrons. The minimum atomic E-state index is -0.0566. The molecule has 0 bridgehead atoms. The average Bonchev–Trinajstić information content (AvgIpc) is 3.16. The van der Waals surface area contributed by atoms with Crippen molar-refractivity contribution in [1.82, 2.24) is 15.1 Å². The first-order valence-electron chi connectivity index (χ1n) is 8.93. The van der Waals surface area contributed by atoms with E-state index in [2.05, 4.69) is 15.7 Å². The van der Waals surface area contributed by atoms with Crippen LogP contribution in [0.2, 0.25) is 0 Å². The molecule has 3 rings (SSSR count). The van der Waals surface area contributed by atoms with E-state index in [1.165, 1.54) is 6.42 Å². The maximum atomic E-state index is 12.6. The fourth-order valence-electron chi connectivity index (χ4n) is 3.36. The number of hydrogen-bond acceptors (Lipinski definition) is 4. The summed E-state index contributed by atoms with van der Waals surface area (Å²) in [4.78, 5) is 24.7. The van der Waals surface area contributed by atoms with Gasteiger partial charge < -0.3 is 10.6 Å². The number of fused-ring (bicyclic) bond motifs is 1. The predicted octanol–water partition coefficient (Wildman–Crippen LogP) is 2.67. The second kappa shape index (κ2) is 8.05. The largest absolute Gasteiger partial charge is 0.355 e. The highest BCUT2D eigenvalue weighted by Crippen LogP contribution is 2.35. The molecule has 0 radical (unpaired) electrons. The van der Waals surface area contributed by atoms with Crippen LogP contribution >= 0.6 is 11.8 Å². The van der Waals surface area contributed by atoms with E-state index >= 15 is 0 Å². The summed E-state index contributed by atoms with van der Waals surface area (Å²) in [5.41, 5.74) is 2.09. The molecule has 6 nitrogen and oxygen atoms in total. The monoisotopic (exact) mass is 350 g/mol. The van der Waals surface area contributed by atoms with Crippen LogP contribution in [0.3, 0.4) is 0 Å². The summed E-state index contributed by atoms with van der Waals surface area (Å²) >= 11 is 1.80. The van der Waals surface area contributed by atoms with Crippen molar-refractivity contribution in [2.45, 2.75) is 63.5 Å². The molecule has 1 fully saturated rings. The Bertz CT molecular complexity index is 608. The summed E-state index contributed by atoms with van der Waals surface area (Å²) in [5.74, 6) is 2.57. The topological polar surface area (TPSA) is 76.0 Å². The number of hydrogen-bond donors (Lipinski definition) is 2. The molecule has 1 saturated carbocycles. The minimum absolute atomic E-state index is 0.0566. The van der Waals surface area contributed by atoms with Gasteiger partial charge in [0.1, 0.15) is 12.4 Å². The second-order valence-electron chi connectivity index (χ2n) is 6.60. The molecule has 24 heavy (non-hydrogen) atoms. The van der Waals surface area contributed by atoms with Gasteiger partial charge in [0.25, 0.3) is 0 Å². The third-order valence-corrected chi connectivity index (χ3v) is 5.67. The fourth-order valence-corrected chi connectivity index (χ4v) is 4.40. The molecular formula is C17H26N4O2S. The highest BCUT2D eigenvalue weighted by molar-refractivity contribution is 7.98. The van der Waals surface area contributed by atoms with Crippen molar-refractivity contribution < 1.29 is 9.59 Å². The Labute approximate surface area is 147 Å². The van der Waals surface area contributed by atoms with Gasteiger partial charge in [-0.2, -0.15) is 16.9 Å². The first-order valence-corrected chi connectivity index (χ1v) is 10.1. The van der Waals surface area contributed by atoms with Gasteiger partial charge in [-0.15, -0.1) is 0 Å². The van der Waals surface area contributed by atoms with Crippen LogP contribution in [0.5, 0.6) is 0 Å². The molecule has 2 aliphatic rings. The van der Waals surface area contributed by atoms with Crippen molar-refractivity contribution >= 4 is 29.4 Å². The zero-order valence-electron chi connectivity index (χ0n) is 14.3. The molecule has 1 aromatic heterocycles. The van der Waals surface area contributed by atoms with Crippen molar-refractivity contribution in [3.63, 3.8) is 0 Å². The molecule has 0 aromatic carbocycles. The number of anilines is 1. The van der Waals surface area contributed by atoms with Crippen LogP contribution in [0.15, 0.2) is 0 Å². The Hall–Kier alpha value is -1.50. The first-order chi connectivity index (χ1) is 11.7. The Morgan fingerprint density at radius 2 is 2.04 bits per heavy atom. The molecule has 0 spiro atoms. The summed E-state index contributed by atoms with van der Waals surface area (Å²) in [6.45, 7) is 2.85. The Morgan fingerprint density at radius 1 is 1.25 bits per heavy atom. The van der Waals surface area contributed by atoms with Crippen LogP contribution < -0.4 is 10.6 Å². The van der Waals surface area contributed by atoms with E-state index < -0.39 is 0 Å². The normalized spacial score (nSPS) is 17.5. The van der Waals surface area contributed by atoms with Crippen LogP contribution in [0.25, 0.3) is 0 Å². The number of carbonyl (C=O) groups is 2. The van der Waals surface area contributed by atoms with E-state index in [0.29, 0.717) is 6.54 Å². The van der Waals surface area contributed by atoms with Crippen LogP contribution in [0.1, 0.15) is 56.7 Å². The maximum Gasteiger partial charge on any atom is 0.241 e. The quantitative estimate of drug-likeness (QED) is 0.827. The first kappa shape index (κ1) is 17.3. The summed E-state index contributed by atoms with van der Waals surface area (Å²) in [6, 6.07) is 0. The number of amides is 2. The molecule has 0 unspecified atom stereocenters. The minimum Gasteiger partial charge on any atom is -0.355 e. The van der Waals surface area contributed by atoms with Gasteiger partial charge in [0.05, 0.1) is 5.69 Å². The second-order valence-corrected chi connectivity index (χ2v) is 7.58. The van der Waals surface area contributed by atoms with Gasteiger partial charge in [-0.1, -0.05) is 26.2 Å². The van der Waals surface area contributed by atoms with Crippen LogP contribution in [-0.2, 0) is 27.6 Å². The summed E-state index contributed by atoms with van der Waals surface area (Å²) in [5, 5.41) is 10.5. The van der Waals surface area contributed by atoms with Gasteiger partial charge >= 0.3 is 0 Å². The zero-order chi connectivity index (χ0) is 16.9. The van der Waals surface area contributed by atoms with E-state index in [-0.39, 0.29) is 24.3 Å². The van der Waals surface area contributed by atoms with E-state index in [1.807, 2.05) is 6.92 Å². The Morgan fingerprint density at radius 3 is 2.79 bits per heavy atom. The lowest BCUT2D eigenvalue weighted by Crippen LogP contribution is -2.31. The third kappa shape index (κ3) is 3.94. The Balaban J connectivity index is 1.73. The van der Waals surface area contributed by atoms with Gasteiger partial charge in [0, 0.05) is 29.5 Å². The number of carbonyl (C=O) groups excluding carboxylic acids is 2. The van der Waals surface area contributed by atoms with E-state index in [1.54, 1.807) is 16.4 Å². The van der Waals surface area contributed by atoms with Crippen LogP contribution in [0, 0.1) is 5.92 Å². The van der Waals surface area contributed by atoms with Crippen molar-refractivity contribution in [3.05, 3.63) is 11.3 Å². The lowest BCUT2D eigenvalue weighted by molar-refractivity contribution is -0.122. The number of rotatable bonds is 6. The van der Waals surface area contributed by atoms with Gasteiger partial charge in [0.2, 0.25) is 11.8 Å². The molecule has 0 atom stereocenters. The highest BCUT2D eigenvalue weighted by atomic mass is 32.2. The Kier molecular flexibility index (Phi) is 5.81.